The molecule has 6 nitrogen and oxygen atoms in total. The first-order valence-corrected chi connectivity index (χ1v) is 8.59. The van der Waals surface area contributed by atoms with Crippen LogP contribution in [0.25, 0.3) is 11.4 Å². The minimum Gasteiger partial charge on any atom is -0.461 e. The van der Waals surface area contributed by atoms with Crippen molar-refractivity contribution < 1.29 is 14.3 Å². The fourth-order valence-electron chi connectivity index (χ4n) is 2.65. The molecule has 0 radical (unpaired) electrons. The number of carbonyl (C=O) groups is 1. The number of nitrogens with zero attached hydrogens (tertiary/aromatic N) is 3. The zero-order valence-corrected chi connectivity index (χ0v) is 14.8. The molecule has 1 aliphatic heterocycles. The van der Waals surface area contributed by atoms with Crippen LogP contribution in [0.4, 0.5) is 0 Å². The van der Waals surface area contributed by atoms with Crippen molar-refractivity contribution in [2.45, 2.75) is 13.0 Å². The van der Waals surface area contributed by atoms with Gasteiger partial charge in [0.25, 0.3) is 0 Å². The first-order valence-electron chi connectivity index (χ1n) is 8.21. The van der Waals surface area contributed by atoms with Gasteiger partial charge in [-0.15, -0.1) is 0 Å². The van der Waals surface area contributed by atoms with Crippen molar-refractivity contribution in [2.24, 2.45) is 0 Å². The summed E-state index contributed by atoms with van der Waals surface area (Å²) in [6, 6.07) is 7.64. The second-order valence-electron chi connectivity index (χ2n) is 5.87. The Hall–Kier alpha value is -2.02. The Morgan fingerprint density at radius 2 is 2.12 bits per heavy atom. The molecule has 0 amide bonds. The number of halogens is 1. The molecule has 2 aromatic rings. The molecule has 2 heterocycles. The molecule has 1 aliphatic rings. The number of carbonyl (C=O) groups excluding carboxylic acids is 1. The Morgan fingerprint density at radius 1 is 1.36 bits per heavy atom. The van der Waals surface area contributed by atoms with Crippen LogP contribution in [-0.2, 0) is 9.47 Å². The van der Waals surface area contributed by atoms with E-state index in [0.29, 0.717) is 42.2 Å². The van der Waals surface area contributed by atoms with Crippen molar-refractivity contribution >= 4 is 17.6 Å². The smallest absolute Gasteiger partial charge is 0.341 e. The Kier molecular flexibility index (Phi) is 5.96. The molecule has 132 valence electrons. The molecule has 0 aliphatic carbocycles. The second-order valence-corrected chi connectivity index (χ2v) is 6.28. The van der Waals surface area contributed by atoms with Crippen LogP contribution in [0, 0.1) is 0 Å². The summed E-state index contributed by atoms with van der Waals surface area (Å²) in [7, 11) is 0. The van der Waals surface area contributed by atoms with Crippen LogP contribution in [0.5, 0.6) is 0 Å². The lowest BCUT2D eigenvalue weighted by Crippen LogP contribution is -2.45. The van der Waals surface area contributed by atoms with Crippen LogP contribution < -0.4 is 0 Å². The zero-order valence-electron chi connectivity index (χ0n) is 14.0. The molecular weight excluding hydrogens is 342 g/mol. The van der Waals surface area contributed by atoms with E-state index >= 15 is 0 Å². The maximum absolute atomic E-state index is 12.1. The number of morpholine rings is 1. The average Bonchev–Trinajstić information content (AvgIpc) is 2.64. The van der Waals surface area contributed by atoms with Gasteiger partial charge in [-0.1, -0.05) is 23.7 Å². The normalized spacial score (nSPS) is 18.1. The Bertz CT molecular complexity index is 724. The summed E-state index contributed by atoms with van der Waals surface area (Å²) in [5.41, 5.74) is 1.05. The van der Waals surface area contributed by atoms with Crippen LogP contribution >= 0.6 is 11.6 Å². The van der Waals surface area contributed by atoms with Gasteiger partial charge in [-0.05, 0) is 19.1 Å². The van der Waals surface area contributed by atoms with E-state index < -0.39 is 5.97 Å². The van der Waals surface area contributed by atoms with E-state index in [1.165, 1.54) is 12.4 Å². The van der Waals surface area contributed by atoms with E-state index in [1.807, 2.05) is 18.2 Å². The summed E-state index contributed by atoms with van der Waals surface area (Å²) in [4.78, 5) is 22.8. The van der Waals surface area contributed by atoms with Gasteiger partial charge in [0.05, 0.1) is 23.8 Å². The highest BCUT2D eigenvalue weighted by Crippen LogP contribution is 2.24. The predicted octanol–water partition coefficient (Wildman–Crippen LogP) is 2.67. The van der Waals surface area contributed by atoms with Gasteiger partial charge in [0.2, 0.25) is 0 Å². The highest BCUT2D eigenvalue weighted by atomic mass is 35.5. The van der Waals surface area contributed by atoms with Crippen molar-refractivity contribution in [3.63, 3.8) is 0 Å². The molecular formula is C18H20ClN3O3. The van der Waals surface area contributed by atoms with E-state index in [0.717, 1.165) is 18.7 Å². The average molecular weight is 362 g/mol. The van der Waals surface area contributed by atoms with Gasteiger partial charge in [0.1, 0.15) is 6.61 Å². The summed E-state index contributed by atoms with van der Waals surface area (Å²) < 4.78 is 10.7. The number of benzene rings is 1. The molecule has 0 saturated carbocycles. The van der Waals surface area contributed by atoms with Crippen molar-refractivity contribution in [1.82, 2.24) is 14.9 Å². The largest absolute Gasteiger partial charge is 0.461 e. The molecule has 1 fully saturated rings. The number of hydrogen-bond donors (Lipinski definition) is 0. The van der Waals surface area contributed by atoms with E-state index in [1.54, 1.807) is 6.07 Å². The van der Waals surface area contributed by atoms with Crippen molar-refractivity contribution in [2.75, 3.05) is 32.9 Å². The van der Waals surface area contributed by atoms with E-state index in [4.69, 9.17) is 21.1 Å². The van der Waals surface area contributed by atoms with Gasteiger partial charge in [0.15, 0.2) is 5.82 Å². The molecule has 0 bridgehead atoms. The van der Waals surface area contributed by atoms with Gasteiger partial charge >= 0.3 is 5.97 Å². The molecule has 1 aromatic heterocycles. The lowest BCUT2D eigenvalue weighted by molar-refractivity contribution is -0.0111. The van der Waals surface area contributed by atoms with E-state index in [-0.39, 0.29) is 0 Å². The maximum Gasteiger partial charge on any atom is 0.341 e. The topological polar surface area (TPSA) is 64.6 Å². The van der Waals surface area contributed by atoms with Crippen LogP contribution in [0.2, 0.25) is 5.02 Å². The lowest BCUT2D eigenvalue weighted by Gasteiger charge is -2.32. The van der Waals surface area contributed by atoms with Crippen LogP contribution in [0.15, 0.2) is 36.7 Å². The third kappa shape index (κ3) is 4.54. The first kappa shape index (κ1) is 17.8. The minimum absolute atomic E-state index is 0.325. The number of rotatable bonds is 5. The van der Waals surface area contributed by atoms with Gasteiger partial charge in [0, 0.05) is 37.1 Å². The quantitative estimate of drug-likeness (QED) is 0.763. The number of esters is 1. The highest BCUT2D eigenvalue weighted by molar-refractivity contribution is 6.33. The van der Waals surface area contributed by atoms with Crippen molar-refractivity contribution in [3.05, 3.63) is 47.2 Å². The predicted molar refractivity (Wildman–Crippen MR) is 94.6 cm³/mol. The molecule has 0 spiro atoms. The molecule has 0 N–H and O–H groups in total. The lowest BCUT2D eigenvalue weighted by atomic mass is 10.2. The number of aromatic nitrogens is 2. The molecule has 25 heavy (non-hydrogen) atoms. The third-order valence-corrected chi connectivity index (χ3v) is 4.45. The van der Waals surface area contributed by atoms with Gasteiger partial charge in [-0.25, -0.2) is 14.8 Å². The minimum atomic E-state index is -0.424. The fourth-order valence-corrected chi connectivity index (χ4v) is 2.87. The molecule has 1 saturated heterocycles. The van der Waals surface area contributed by atoms with Gasteiger partial charge < -0.3 is 9.47 Å². The second kappa shape index (κ2) is 8.38. The van der Waals surface area contributed by atoms with Gasteiger partial charge in [-0.2, -0.15) is 0 Å². The summed E-state index contributed by atoms with van der Waals surface area (Å²) in [6.45, 7) is 5.40. The summed E-state index contributed by atoms with van der Waals surface area (Å²) in [5.74, 6) is 0.0518. The summed E-state index contributed by atoms with van der Waals surface area (Å²) in [6.07, 6.45) is 2.93. The highest BCUT2D eigenvalue weighted by Gasteiger charge is 2.19. The van der Waals surface area contributed by atoms with Gasteiger partial charge in [-0.3, -0.25) is 4.90 Å². The zero-order chi connectivity index (χ0) is 17.6. The maximum atomic E-state index is 12.1. The fraction of sp³-hybridized carbons (Fsp3) is 0.389. The van der Waals surface area contributed by atoms with Crippen molar-refractivity contribution in [3.8, 4) is 11.4 Å². The Labute approximate surface area is 151 Å². The first-order chi connectivity index (χ1) is 12.1. The molecule has 7 heteroatoms. The monoisotopic (exact) mass is 361 g/mol. The SMILES string of the molecule is CC1COCCN1CCOC(=O)c1cnc(-c2ccccc2Cl)nc1. The third-order valence-electron chi connectivity index (χ3n) is 4.12. The van der Waals surface area contributed by atoms with Crippen LogP contribution in [0.3, 0.4) is 0 Å². The number of hydrogen-bond acceptors (Lipinski definition) is 6. The number of ether oxygens (including phenoxy) is 2. The summed E-state index contributed by atoms with van der Waals surface area (Å²) >= 11 is 6.13. The Balaban J connectivity index is 1.55. The standard InChI is InChI=1S/C18H20ClN3O3/c1-13-12-24-8-6-22(13)7-9-25-18(23)14-10-20-17(21-11-14)15-4-2-3-5-16(15)19/h2-5,10-11,13H,6-9,12H2,1H3. The van der Waals surface area contributed by atoms with Crippen LogP contribution in [-0.4, -0.2) is 59.8 Å². The van der Waals surface area contributed by atoms with E-state index in [2.05, 4.69) is 21.8 Å². The molecule has 1 atom stereocenters. The Morgan fingerprint density at radius 3 is 2.84 bits per heavy atom. The summed E-state index contributed by atoms with van der Waals surface area (Å²) in [5, 5.41) is 0.567. The molecule has 1 unspecified atom stereocenters. The van der Waals surface area contributed by atoms with Crippen LogP contribution in [0.1, 0.15) is 17.3 Å². The molecule has 3 rings (SSSR count). The van der Waals surface area contributed by atoms with Crippen molar-refractivity contribution in [1.29, 1.82) is 0 Å². The van der Waals surface area contributed by atoms with E-state index in [9.17, 15) is 4.79 Å². The molecule has 1 aromatic carbocycles.